The van der Waals surface area contributed by atoms with Gasteiger partial charge in [0, 0.05) is 13.1 Å². The van der Waals surface area contributed by atoms with Crippen molar-refractivity contribution in [3.8, 4) is 0 Å². The van der Waals surface area contributed by atoms with E-state index in [9.17, 15) is 14.4 Å². The first-order valence-electron chi connectivity index (χ1n) is 5.89. The molecular weight excluding hydrogens is 238 g/mol. The molecule has 1 fully saturated rings. The molecule has 1 rings (SSSR count). The summed E-state index contributed by atoms with van der Waals surface area (Å²) in [6, 6.07) is -1.06. The number of piperazine rings is 1. The Morgan fingerprint density at radius 3 is 2.67 bits per heavy atom. The molecule has 0 spiro atoms. The number of hydrogen-bond acceptors (Lipinski definition) is 3. The molecule has 0 saturated carbocycles. The zero-order chi connectivity index (χ0) is 13.9. The van der Waals surface area contributed by atoms with Gasteiger partial charge in [-0.1, -0.05) is 6.92 Å². The molecule has 1 aliphatic heterocycles. The minimum absolute atomic E-state index is 0.202. The standard InChI is InChI=1S/C11H19N3O4/c1-4-7-8(15)12-5-6-14(7)10(18)13-11(2,3)9(16)17/h7H,4-6H2,1-3H3,(H,12,15)(H,13,18)(H,16,17). The molecule has 18 heavy (non-hydrogen) atoms. The van der Waals surface area contributed by atoms with Crippen LogP contribution in [0.5, 0.6) is 0 Å². The molecule has 1 unspecified atom stereocenters. The number of urea groups is 1. The Morgan fingerprint density at radius 2 is 2.17 bits per heavy atom. The lowest BCUT2D eigenvalue weighted by Gasteiger charge is -2.36. The Kier molecular flexibility index (Phi) is 4.15. The summed E-state index contributed by atoms with van der Waals surface area (Å²) >= 11 is 0. The quantitative estimate of drug-likeness (QED) is 0.650. The van der Waals surface area contributed by atoms with E-state index in [1.807, 2.05) is 0 Å². The van der Waals surface area contributed by atoms with Crippen molar-refractivity contribution in [2.24, 2.45) is 0 Å². The molecule has 0 radical (unpaired) electrons. The minimum Gasteiger partial charge on any atom is -0.480 e. The van der Waals surface area contributed by atoms with Crippen molar-refractivity contribution in [3.05, 3.63) is 0 Å². The van der Waals surface area contributed by atoms with Crippen molar-refractivity contribution in [3.63, 3.8) is 0 Å². The maximum atomic E-state index is 12.0. The van der Waals surface area contributed by atoms with E-state index in [4.69, 9.17) is 5.11 Å². The second kappa shape index (κ2) is 5.24. The van der Waals surface area contributed by atoms with Crippen LogP contribution in [0.2, 0.25) is 0 Å². The van der Waals surface area contributed by atoms with Gasteiger partial charge >= 0.3 is 12.0 Å². The topological polar surface area (TPSA) is 98.7 Å². The van der Waals surface area contributed by atoms with Gasteiger partial charge in [0.1, 0.15) is 11.6 Å². The van der Waals surface area contributed by atoms with Gasteiger partial charge in [-0.05, 0) is 20.3 Å². The van der Waals surface area contributed by atoms with Crippen molar-refractivity contribution < 1.29 is 19.5 Å². The number of aliphatic carboxylic acids is 1. The second-order valence-corrected chi connectivity index (χ2v) is 4.77. The van der Waals surface area contributed by atoms with E-state index in [0.717, 1.165) is 0 Å². The lowest BCUT2D eigenvalue weighted by Crippen LogP contribution is -2.62. The average molecular weight is 257 g/mol. The van der Waals surface area contributed by atoms with E-state index >= 15 is 0 Å². The van der Waals surface area contributed by atoms with Crippen molar-refractivity contribution in [2.75, 3.05) is 13.1 Å². The van der Waals surface area contributed by atoms with E-state index in [1.54, 1.807) is 6.92 Å². The molecule has 7 heteroatoms. The van der Waals surface area contributed by atoms with Crippen LogP contribution in [0, 0.1) is 0 Å². The highest BCUT2D eigenvalue weighted by Gasteiger charge is 2.36. The number of hydrogen-bond donors (Lipinski definition) is 3. The number of nitrogens with zero attached hydrogens (tertiary/aromatic N) is 1. The Bertz CT molecular complexity index is 367. The van der Waals surface area contributed by atoms with Gasteiger partial charge in [-0.15, -0.1) is 0 Å². The van der Waals surface area contributed by atoms with Crippen molar-refractivity contribution >= 4 is 17.9 Å². The zero-order valence-electron chi connectivity index (χ0n) is 10.8. The highest BCUT2D eigenvalue weighted by atomic mass is 16.4. The van der Waals surface area contributed by atoms with Gasteiger partial charge in [-0.25, -0.2) is 9.59 Å². The first-order chi connectivity index (χ1) is 8.29. The van der Waals surface area contributed by atoms with Gasteiger partial charge in [0.25, 0.3) is 0 Å². The number of rotatable bonds is 3. The summed E-state index contributed by atoms with van der Waals surface area (Å²) in [5.74, 6) is -1.32. The zero-order valence-corrected chi connectivity index (χ0v) is 10.8. The predicted molar refractivity (Wildman–Crippen MR) is 64.0 cm³/mol. The number of carboxylic acids is 1. The monoisotopic (exact) mass is 257 g/mol. The Balaban J connectivity index is 2.76. The maximum Gasteiger partial charge on any atom is 0.328 e. The van der Waals surface area contributed by atoms with E-state index < -0.39 is 23.6 Å². The van der Waals surface area contributed by atoms with Gasteiger partial charge in [-0.2, -0.15) is 0 Å². The second-order valence-electron chi connectivity index (χ2n) is 4.77. The van der Waals surface area contributed by atoms with Crippen LogP contribution in [0.3, 0.4) is 0 Å². The lowest BCUT2D eigenvalue weighted by atomic mass is 10.1. The van der Waals surface area contributed by atoms with Crippen molar-refractivity contribution in [2.45, 2.75) is 38.8 Å². The average Bonchev–Trinajstić information content (AvgIpc) is 2.27. The van der Waals surface area contributed by atoms with E-state index in [0.29, 0.717) is 19.5 Å². The molecular formula is C11H19N3O4. The largest absolute Gasteiger partial charge is 0.480 e. The summed E-state index contributed by atoms with van der Waals surface area (Å²) < 4.78 is 0. The minimum atomic E-state index is -1.36. The fourth-order valence-electron chi connectivity index (χ4n) is 1.76. The highest BCUT2D eigenvalue weighted by Crippen LogP contribution is 2.11. The van der Waals surface area contributed by atoms with Crippen molar-refractivity contribution in [1.82, 2.24) is 15.5 Å². The number of carbonyl (C=O) groups is 3. The molecule has 7 nitrogen and oxygen atoms in total. The molecule has 0 aromatic heterocycles. The van der Waals surface area contributed by atoms with Gasteiger partial charge in [0.15, 0.2) is 0 Å². The first kappa shape index (κ1) is 14.3. The summed E-state index contributed by atoms with van der Waals surface area (Å²) in [4.78, 5) is 35.9. The van der Waals surface area contributed by atoms with Crippen LogP contribution >= 0.6 is 0 Å². The summed E-state index contributed by atoms with van der Waals surface area (Å²) in [5, 5.41) is 14.0. The molecule has 3 N–H and O–H groups in total. The summed E-state index contributed by atoms with van der Waals surface area (Å²) in [5.41, 5.74) is -1.36. The molecule has 0 aromatic carbocycles. The maximum absolute atomic E-state index is 12.0. The number of amides is 3. The third-order valence-corrected chi connectivity index (χ3v) is 2.93. The Morgan fingerprint density at radius 1 is 1.56 bits per heavy atom. The van der Waals surface area contributed by atoms with Crippen molar-refractivity contribution in [1.29, 1.82) is 0 Å². The van der Waals surface area contributed by atoms with Crippen LogP contribution < -0.4 is 10.6 Å². The van der Waals surface area contributed by atoms with Gasteiger partial charge < -0.3 is 20.6 Å². The summed E-state index contributed by atoms with van der Waals surface area (Å²) in [6.07, 6.45) is 0.493. The van der Waals surface area contributed by atoms with Gasteiger partial charge in [0.2, 0.25) is 5.91 Å². The van der Waals surface area contributed by atoms with Crippen LogP contribution in [-0.2, 0) is 9.59 Å². The molecule has 1 saturated heterocycles. The smallest absolute Gasteiger partial charge is 0.328 e. The third-order valence-electron chi connectivity index (χ3n) is 2.93. The fraction of sp³-hybridized carbons (Fsp3) is 0.727. The third kappa shape index (κ3) is 2.91. The van der Waals surface area contributed by atoms with Gasteiger partial charge in [0.05, 0.1) is 0 Å². The molecule has 3 amide bonds. The van der Waals surface area contributed by atoms with E-state index in [1.165, 1.54) is 18.7 Å². The molecule has 0 aromatic rings. The highest BCUT2D eigenvalue weighted by molar-refractivity contribution is 5.90. The molecule has 0 aliphatic carbocycles. The molecule has 0 bridgehead atoms. The first-order valence-corrected chi connectivity index (χ1v) is 5.89. The van der Waals surface area contributed by atoms with E-state index in [2.05, 4.69) is 10.6 Å². The normalized spacial score (nSPS) is 20.3. The SMILES string of the molecule is CCC1C(=O)NCCN1C(=O)NC(C)(C)C(=O)O. The Labute approximate surface area is 106 Å². The van der Waals surface area contributed by atoms with E-state index in [-0.39, 0.29) is 5.91 Å². The van der Waals surface area contributed by atoms with Crippen LogP contribution in [0.15, 0.2) is 0 Å². The molecule has 1 aliphatic rings. The number of carboxylic acid groups (broad SMARTS) is 1. The summed E-state index contributed by atoms with van der Waals surface area (Å²) in [7, 11) is 0. The summed E-state index contributed by atoms with van der Waals surface area (Å²) in [6.45, 7) is 5.37. The lowest BCUT2D eigenvalue weighted by molar-refractivity contribution is -0.143. The Hall–Kier alpha value is -1.79. The van der Waals surface area contributed by atoms with Crippen LogP contribution in [0.25, 0.3) is 0 Å². The molecule has 102 valence electrons. The van der Waals surface area contributed by atoms with Crippen LogP contribution in [0.1, 0.15) is 27.2 Å². The predicted octanol–water partition coefficient (Wildman–Crippen LogP) is -0.230. The molecule has 1 heterocycles. The number of carbonyl (C=O) groups excluding carboxylic acids is 2. The van der Waals surface area contributed by atoms with Gasteiger partial charge in [-0.3, -0.25) is 4.79 Å². The van der Waals surface area contributed by atoms with Crippen LogP contribution in [-0.4, -0.2) is 52.6 Å². The molecule has 1 atom stereocenters. The fourth-order valence-corrected chi connectivity index (χ4v) is 1.76. The number of nitrogens with one attached hydrogen (secondary N) is 2. The van der Waals surface area contributed by atoms with Crippen LogP contribution in [0.4, 0.5) is 4.79 Å².